The van der Waals surface area contributed by atoms with E-state index in [-0.39, 0.29) is 13.0 Å². The number of fused-ring (bicyclic) bond motifs is 2. The number of carboxylic acid groups (broad SMARTS) is 1. The smallest absolute Gasteiger partial charge is 0.323 e. The first kappa shape index (κ1) is 31.7. The Kier molecular flexibility index (Phi) is 9.13. The van der Waals surface area contributed by atoms with E-state index in [0.717, 1.165) is 85.0 Å². The average Bonchev–Trinajstić information content (AvgIpc) is 3.52. The summed E-state index contributed by atoms with van der Waals surface area (Å²) < 4.78 is 42.9. The molecule has 0 amide bonds. The molecule has 0 unspecified atom stereocenters. The standard InChI is InChI=1S/C36H36N2O6S2/c1-24-16-32-29(21-33(24)44-2)20-30(38(32)23-36(39)40)18-25-8-6-9-26(17-25)19-35-37(14-7-15-46(41,42)43)31-13-12-28(22-34(31)45-35)27-10-4-3-5-11-27/h3-5,10-13,16-19,21-22H,6-9,14-15,20,23H2,1-2H3,(H-,39,40,41,42,43). The molecule has 6 rings (SSSR count). The van der Waals surface area contributed by atoms with Gasteiger partial charge in [0.15, 0.2) is 6.54 Å². The Morgan fingerprint density at radius 1 is 1.09 bits per heavy atom. The maximum absolute atomic E-state index is 11.8. The van der Waals surface area contributed by atoms with Crippen LogP contribution in [0.5, 0.6) is 5.75 Å². The molecule has 10 heteroatoms. The number of nitrogens with zero attached hydrogens (tertiary/aromatic N) is 2. The van der Waals surface area contributed by atoms with Crippen molar-refractivity contribution in [3.63, 3.8) is 0 Å². The number of rotatable bonds is 10. The number of allylic oxidation sites excluding steroid dienone is 5. The largest absolute Gasteiger partial charge is 0.748 e. The number of methoxy groups -OCH3 is 1. The summed E-state index contributed by atoms with van der Waals surface area (Å²) >= 11 is 1.65. The van der Waals surface area contributed by atoms with Gasteiger partial charge in [-0.25, -0.2) is 8.42 Å². The number of carbonyl (C=O) groups is 1. The summed E-state index contributed by atoms with van der Waals surface area (Å²) in [6.45, 7) is 2.26. The second-order valence-corrected chi connectivity index (χ2v) is 14.4. The highest BCUT2D eigenvalue weighted by molar-refractivity contribution is 7.85. The summed E-state index contributed by atoms with van der Waals surface area (Å²) in [5.41, 5.74) is 9.36. The van der Waals surface area contributed by atoms with Crippen molar-refractivity contribution in [2.45, 2.75) is 45.6 Å². The number of aryl methyl sites for hydroxylation is 2. The zero-order chi connectivity index (χ0) is 32.4. The molecule has 1 aromatic heterocycles. The Hall–Kier alpha value is -4.25. The van der Waals surface area contributed by atoms with Crippen molar-refractivity contribution in [3.05, 3.63) is 106 Å². The van der Waals surface area contributed by atoms with Crippen molar-refractivity contribution in [3.8, 4) is 16.9 Å². The molecule has 2 aliphatic rings. The van der Waals surface area contributed by atoms with Crippen LogP contribution in [0.15, 0.2) is 89.7 Å². The average molecular weight is 657 g/mol. The van der Waals surface area contributed by atoms with Crippen molar-refractivity contribution < 1.29 is 32.2 Å². The molecule has 1 N–H and O–H groups in total. The van der Waals surface area contributed by atoms with Gasteiger partial charge in [0.1, 0.15) is 17.0 Å². The number of hydrogen-bond donors (Lipinski definition) is 1. The highest BCUT2D eigenvalue weighted by Crippen LogP contribution is 2.40. The molecule has 0 fully saturated rings. The van der Waals surface area contributed by atoms with E-state index < -0.39 is 21.8 Å². The summed E-state index contributed by atoms with van der Waals surface area (Å²) in [6, 6.07) is 20.5. The van der Waals surface area contributed by atoms with Gasteiger partial charge in [-0.2, -0.15) is 4.57 Å². The van der Waals surface area contributed by atoms with Crippen LogP contribution in [0.1, 0.15) is 41.8 Å². The minimum Gasteiger partial charge on any atom is -0.748 e. The van der Waals surface area contributed by atoms with Crippen LogP contribution in [-0.2, 0) is 27.9 Å². The molecular formula is C36H36N2O6S2. The van der Waals surface area contributed by atoms with Gasteiger partial charge in [-0.1, -0.05) is 47.7 Å². The van der Waals surface area contributed by atoms with E-state index in [1.807, 2.05) is 42.2 Å². The minimum atomic E-state index is -4.31. The number of hydrogen-bond acceptors (Lipinski definition) is 7. The van der Waals surface area contributed by atoms with Crippen LogP contribution in [-0.4, -0.2) is 43.5 Å². The molecule has 2 heterocycles. The van der Waals surface area contributed by atoms with E-state index in [1.165, 1.54) is 0 Å². The third kappa shape index (κ3) is 7.09. The number of anilines is 1. The van der Waals surface area contributed by atoms with Crippen molar-refractivity contribution in [1.82, 2.24) is 0 Å². The van der Waals surface area contributed by atoms with E-state index in [4.69, 9.17) is 4.74 Å². The fourth-order valence-electron chi connectivity index (χ4n) is 6.36. The van der Waals surface area contributed by atoms with Gasteiger partial charge in [-0.15, -0.1) is 0 Å². The molecule has 3 aromatic carbocycles. The molecule has 1 aliphatic carbocycles. The van der Waals surface area contributed by atoms with Gasteiger partial charge in [0.2, 0.25) is 5.52 Å². The molecule has 1 aliphatic heterocycles. The predicted molar refractivity (Wildman–Crippen MR) is 181 cm³/mol. The van der Waals surface area contributed by atoms with Gasteiger partial charge in [0, 0.05) is 42.1 Å². The summed E-state index contributed by atoms with van der Waals surface area (Å²) in [7, 11) is -2.67. The van der Waals surface area contributed by atoms with Gasteiger partial charge < -0.3 is 19.3 Å². The van der Waals surface area contributed by atoms with Crippen LogP contribution in [0.2, 0.25) is 0 Å². The molecule has 46 heavy (non-hydrogen) atoms. The van der Waals surface area contributed by atoms with Gasteiger partial charge in [-0.05, 0) is 89.9 Å². The van der Waals surface area contributed by atoms with Crippen LogP contribution in [0.25, 0.3) is 27.4 Å². The molecular weight excluding hydrogens is 621 g/mol. The molecule has 0 saturated carbocycles. The van der Waals surface area contributed by atoms with E-state index >= 15 is 0 Å². The molecule has 238 valence electrons. The van der Waals surface area contributed by atoms with Gasteiger partial charge in [0.05, 0.1) is 17.2 Å². The number of thiazole rings is 1. The third-order valence-corrected chi connectivity index (χ3v) is 10.4. The summed E-state index contributed by atoms with van der Waals surface area (Å²) in [5.74, 6) is -0.508. The summed E-state index contributed by atoms with van der Waals surface area (Å²) in [4.78, 5) is 13.7. The fourth-order valence-corrected chi connectivity index (χ4v) is 8.04. The second kappa shape index (κ2) is 13.2. The summed E-state index contributed by atoms with van der Waals surface area (Å²) in [6.07, 6.45) is 10.1. The van der Waals surface area contributed by atoms with Gasteiger partial charge >= 0.3 is 5.97 Å². The topological polar surface area (TPSA) is 111 Å². The van der Waals surface area contributed by atoms with Gasteiger partial charge in [0.25, 0.3) is 5.01 Å². The molecule has 0 radical (unpaired) electrons. The highest BCUT2D eigenvalue weighted by atomic mass is 32.2. The second-order valence-electron chi connectivity index (χ2n) is 11.8. The first-order valence-electron chi connectivity index (χ1n) is 15.3. The van der Waals surface area contributed by atoms with E-state index in [9.17, 15) is 22.9 Å². The Morgan fingerprint density at radius 2 is 1.89 bits per heavy atom. The zero-order valence-corrected chi connectivity index (χ0v) is 27.5. The number of benzene rings is 3. The number of aliphatic carboxylic acids is 1. The third-order valence-electron chi connectivity index (χ3n) is 8.48. The number of aromatic nitrogens is 1. The SMILES string of the molecule is COc1cc2c(cc1C)N(CC(=O)O)/C(=C/C1=CC(=C/c3sc4cc(-c5ccccc5)ccc4[n+]3CCCS(=O)(=O)[O-])/CCC1)C2. The van der Waals surface area contributed by atoms with E-state index in [1.54, 1.807) is 18.4 Å². The first-order chi connectivity index (χ1) is 22.1. The van der Waals surface area contributed by atoms with Crippen LogP contribution >= 0.6 is 11.3 Å². The Balaban J connectivity index is 1.35. The van der Waals surface area contributed by atoms with E-state index in [0.29, 0.717) is 13.0 Å². The maximum atomic E-state index is 11.8. The Bertz CT molecular complexity index is 2010. The zero-order valence-electron chi connectivity index (χ0n) is 25.9. The lowest BCUT2D eigenvalue weighted by molar-refractivity contribution is -0.668. The maximum Gasteiger partial charge on any atom is 0.323 e. The monoisotopic (exact) mass is 656 g/mol. The summed E-state index contributed by atoms with van der Waals surface area (Å²) in [5, 5.41) is 10.7. The van der Waals surface area contributed by atoms with Gasteiger partial charge in [-0.3, -0.25) is 4.79 Å². The van der Waals surface area contributed by atoms with Crippen LogP contribution < -0.4 is 14.2 Å². The normalized spacial score (nSPS) is 16.7. The minimum absolute atomic E-state index is 0.119. The van der Waals surface area contributed by atoms with Crippen LogP contribution in [0, 0.1) is 6.92 Å². The molecule has 0 saturated heterocycles. The molecule has 4 aromatic rings. The molecule has 0 atom stereocenters. The number of ether oxygens (including phenoxy) is 1. The molecule has 0 bridgehead atoms. The molecule has 0 spiro atoms. The van der Waals surface area contributed by atoms with E-state index in [2.05, 4.69) is 53.1 Å². The Labute approximate surface area is 273 Å². The van der Waals surface area contributed by atoms with Crippen LogP contribution in [0.3, 0.4) is 0 Å². The van der Waals surface area contributed by atoms with Crippen molar-refractivity contribution in [2.24, 2.45) is 0 Å². The first-order valence-corrected chi connectivity index (χ1v) is 17.7. The van der Waals surface area contributed by atoms with Crippen molar-refractivity contribution in [1.29, 1.82) is 0 Å². The molecule has 8 nitrogen and oxygen atoms in total. The predicted octanol–water partition coefficient (Wildman–Crippen LogP) is 6.63. The van der Waals surface area contributed by atoms with Crippen LogP contribution in [0.4, 0.5) is 5.69 Å². The fraction of sp³-hybridized carbons (Fsp3) is 0.278. The lowest BCUT2D eigenvalue weighted by Gasteiger charge is -2.21. The lowest BCUT2D eigenvalue weighted by atomic mass is 9.94. The lowest BCUT2D eigenvalue weighted by Crippen LogP contribution is -2.36. The quantitative estimate of drug-likeness (QED) is 0.151. The van der Waals surface area contributed by atoms with Crippen molar-refractivity contribution in [2.75, 3.05) is 24.3 Å². The Morgan fingerprint density at radius 3 is 2.63 bits per heavy atom. The number of carboxylic acids is 1. The van der Waals surface area contributed by atoms with Crippen molar-refractivity contribution >= 4 is 49.4 Å². The highest BCUT2D eigenvalue weighted by Gasteiger charge is 2.28.